The van der Waals surface area contributed by atoms with Gasteiger partial charge in [-0.2, -0.15) is 0 Å². The van der Waals surface area contributed by atoms with Gasteiger partial charge in [0.2, 0.25) is 9.04 Å². The highest BCUT2D eigenvalue weighted by atomic mass is 28.3. The lowest BCUT2D eigenvalue weighted by atomic mass is 9.82. The highest BCUT2D eigenvalue weighted by Crippen LogP contribution is 2.40. The molecule has 129 valence electrons. The van der Waals surface area contributed by atoms with Crippen LogP contribution in [0.5, 0.6) is 0 Å². The van der Waals surface area contributed by atoms with E-state index in [2.05, 4.69) is 38.8 Å². The Labute approximate surface area is 142 Å². The van der Waals surface area contributed by atoms with Crippen LogP contribution >= 0.6 is 0 Å². The summed E-state index contributed by atoms with van der Waals surface area (Å²) in [5.41, 5.74) is 1.28. The van der Waals surface area contributed by atoms with E-state index in [0.29, 0.717) is 6.61 Å². The Bertz CT molecular complexity index is 475. The molecule has 0 amide bonds. The first-order chi connectivity index (χ1) is 10.8. The van der Waals surface area contributed by atoms with Gasteiger partial charge in [-0.1, -0.05) is 26.8 Å². The molecule has 1 N–H and O–H groups in total. The predicted molar refractivity (Wildman–Crippen MR) is 93.5 cm³/mol. The van der Waals surface area contributed by atoms with Gasteiger partial charge in [-0.25, -0.2) is 0 Å². The molecule has 4 atom stereocenters. The Morgan fingerprint density at radius 2 is 2.17 bits per heavy atom. The summed E-state index contributed by atoms with van der Waals surface area (Å²) in [6.45, 7) is 11.4. The highest BCUT2D eigenvalue weighted by Gasteiger charge is 2.43. The number of ether oxygens (including phenoxy) is 1. The second-order valence-corrected chi connectivity index (χ2v) is 9.90. The van der Waals surface area contributed by atoms with Crippen molar-refractivity contribution in [1.29, 1.82) is 0 Å². The Kier molecular flexibility index (Phi) is 6.37. The van der Waals surface area contributed by atoms with Gasteiger partial charge in [0.05, 0.1) is 24.9 Å². The van der Waals surface area contributed by atoms with Crippen LogP contribution in [0.25, 0.3) is 0 Å². The van der Waals surface area contributed by atoms with E-state index in [1.165, 1.54) is 0 Å². The standard InChI is InChI=1S/C18H30NO3Si/c1-18(2,3)9-8-15(22-23(4)5)16-14(20)12-21-17(16)13-7-6-10-19-11-13/h6-7,10-11,14-17,20H,8-9,12H2,1-5H3/t14-,15?,16+,17+/m0/s1. The molecule has 1 aromatic rings. The van der Waals surface area contributed by atoms with E-state index in [1.807, 2.05) is 18.3 Å². The van der Waals surface area contributed by atoms with Gasteiger partial charge in [-0.05, 0) is 43.0 Å². The molecule has 1 fully saturated rings. The molecule has 1 aliphatic heterocycles. The molecule has 0 bridgehead atoms. The van der Waals surface area contributed by atoms with Crippen LogP contribution in [0.3, 0.4) is 0 Å². The lowest BCUT2D eigenvalue weighted by Gasteiger charge is -2.33. The summed E-state index contributed by atoms with van der Waals surface area (Å²) in [4.78, 5) is 4.20. The zero-order valence-corrected chi connectivity index (χ0v) is 16.0. The van der Waals surface area contributed by atoms with Gasteiger partial charge >= 0.3 is 0 Å². The van der Waals surface area contributed by atoms with E-state index in [0.717, 1.165) is 18.4 Å². The summed E-state index contributed by atoms with van der Waals surface area (Å²) in [6.07, 6.45) is 5.02. The average Bonchev–Trinajstić information content (AvgIpc) is 2.85. The smallest absolute Gasteiger partial charge is 0.205 e. The van der Waals surface area contributed by atoms with Crippen LogP contribution in [0.2, 0.25) is 13.1 Å². The quantitative estimate of drug-likeness (QED) is 0.807. The monoisotopic (exact) mass is 336 g/mol. The zero-order chi connectivity index (χ0) is 17.0. The summed E-state index contributed by atoms with van der Waals surface area (Å²) in [7, 11) is -0.847. The average molecular weight is 337 g/mol. The van der Waals surface area contributed by atoms with Crippen LogP contribution in [-0.4, -0.2) is 37.9 Å². The Hall–Kier alpha value is -0.753. The van der Waals surface area contributed by atoms with Gasteiger partial charge in [0.25, 0.3) is 0 Å². The van der Waals surface area contributed by atoms with Crippen LogP contribution in [0, 0.1) is 11.3 Å². The largest absolute Gasteiger partial charge is 0.414 e. The first-order valence-electron chi connectivity index (χ1n) is 8.44. The summed E-state index contributed by atoms with van der Waals surface area (Å²) in [5, 5.41) is 10.5. The van der Waals surface area contributed by atoms with Crippen molar-refractivity contribution in [3.8, 4) is 0 Å². The minimum Gasteiger partial charge on any atom is -0.414 e. The highest BCUT2D eigenvalue weighted by molar-refractivity contribution is 6.48. The molecular weight excluding hydrogens is 306 g/mol. The van der Waals surface area contributed by atoms with Crippen molar-refractivity contribution in [2.24, 2.45) is 11.3 Å². The lowest BCUT2D eigenvalue weighted by Crippen LogP contribution is -2.37. The fraction of sp³-hybridized carbons (Fsp3) is 0.722. The van der Waals surface area contributed by atoms with Crippen LogP contribution in [0.4, 0.5) is 0 Å². The molecule has 1 radical (unpaired) electrons. The fourth-order valence-electron chi connectivity index (χ4n) is 3.14. The SMILES string of the molecule is C[Si](C)OC(CCC(C)(C)C)[C@@H]1[C@@H](c2cccnc2)OC[C@@H]1O. The van der Waals surface area contributed by atoms with Gasteiger partial charge in [-0.15, -0.1) is 0 Å². The van der Waals surface area contributed by atoms with Crippen LogP contribution in [0.1, 0.15) is 45.3 Å². The molecule has 2 rings (SSSR count). The van der Waals surface area contributed by atoms with Crippen molar-refractivity contribution in [3.63, 3.8) is 0 Å². The molecule has 0 saturated carbocycles. The molecule has 4 nitrogen and oxygen atoms in total. The molecule has 0 aromatic carbocycles. The molecule has 1 unspecified atom stereocenters. The summed E-state index contributed by atoms with van der Waals surface area (Å²) in [6, 6.07) is 3.94. The summed E-state index contributed by atoms with van der Waals surface area (Å²) >= 11 is 0. The normalized spacial score (nSPS) is 26.7. The number of pyridine rings is 1. The maximum absolute atomic E-state index is 10.5. The number of aromatic nitrogens is 1. The van der Waals surface area contributed by atoms with Crippen LogP contribution < -0.4 is 0 Å². The summed E-state index contributed by atoms with van der Waals surface area (Å²) in [5.74, 6) is -0.0264. The van der Waals surface area contributed by atoms with Gasteiger partial charge in [0.15, 0.2) is 0 Å². The summed E-state index contributed by atoms with van der Waals surface area (Å²) < 4.78 is 12.2. The molecule has 5 heteroatoms. The minimum absolute atomic E-state index is 0.0264. The fourth-order valence-corrected chi connectivity index (χ4v) is 4.02. The van der Waals surface area contributed by atoms with Crippen molar-refractivity contribution >= 4 is 9.04 Å². The molecule has 1 aliphatic rings. The third kappa shape index (κ3) is 5.38. The van der Waals surface area contributed by atoms with Gasteiger partial charge in [-0.3, -0.25) is 4.98 Å². The molecule has 0 spiro atoms. The van der Waals surface area contributed by atoms with Crippen molar-refractivity contribution in [3.05, 3.63) is 30.1 Å². The van der Waals surface area contributed by atoms with Crippen molar-refractivity contribution in [1.82, 2.24) is 4.98 Å². The van der Waals surface area contributed by atoms with Gasteiger partial charge in [0.1, 0.15) is 0 Å². The molecule has 1 aromatic heterocycles. The topological polar surface area (TPSA) is 51.6 Å². The van der Waals surface area contributed by atoms with Crippen molar-refractivity contribution in [2.45, 2.75) is 65.0 Å². The van der Waals surface area contributed by atoms with E-state index >= 15 is 0 Å². The molecule has 23 heavy (non-hydrogen) atoms. The van der Waals surface area contributed by atoms with E-state index in [9.17, 15) is 5.11 Å². The maximum atomic E-state index is 10.5. The number of nitrogens with zero attached hydrogens (tertiary/aromatic N) is 1. The van der Waals surface area contributed by atoms with Crippen LogP contribution in [0.15, 0.2) is 24.5 Å². The first kappa shape index (κ1) is 18.6. The number of aliphatic hydroxyl groups excluding tert-OH is 1. The predicted octanol–water partition coefficient (Wildman–Crippen LogP) is 3.59. The van der Waals surface area contributed by atoms with E-state index < -0.39 is 15.1 Å². The Morgan fingerprint density at radius 3 is 2.74 bits per heavy atom. The van der Waals surface area contributed by atoms with Crippen molar-refractivity contribution < 1.29 is 14.3 Å². The lowest BCUT2D eigenvalue weighted by molar-refractivity contribution is 0.0175. The third-order valence-corrected chi connectivity index (χ3v) is 5.02. The van der Waals surface area contributed by atoms with E-state index in [-0.39, 0.29) is 23.5 Å². The number of hydrogen-bond acceptors (Lipinski definition) is 4. The zero-order valence-electron chi connectivity index (χ0n) is 15.0. The second-order valence-electron chi connectivity index (χ2n) is 7.85. The number of hydrogen-bond donors (Lipinski definition) is 1. The molecule has 2 heterocycles. The molecule has 1 saturated heterocycles. The molecular formula is C18H30NO3Si. The van der Waals surface area contributed by atoms with E-state index in [1.54, 1.807) is 6.20 Å². The van der Waals surface area contributed by atoms with Crippen molar-refractivity contribution in [2.75, 3.05) is 6.61 Å². The van der Waals surface area contributed by atoms with E-state index in [4.69, 9.17) is 9.16 Å². The second kappa shape index (κ2) is 7.88. The minimum atomic E-state index is -0.847. The van der Waals surface area contributed by atoms with Crippen LogP contribution in [-0.2, 0) is 9.16 Å². The Balaban J connectivity index is 2.19. The first-order valence-corrected chi connectivity index (χ1v) is 10.8. The van der Waals surface area contributed by atoms with Gasteiger partial charge in [0, 0.05) is 18.3 Å². The number of aliphatic hydroxyl groups is 1. The molecule has 0 aliphatic carbocycles. The Morgan fingerprint density at radius 1 is 1.43 bits per heavy atom. The maximum Gasteiger partial charge on any atom is 0.205 e. The third-order valence-electron chi connectivity index (χ3n) is 4.25. The number of rotatable bonds is 6. The van der Waals surface area contributed by atoms with Gasteiger partial charge < -0.3 is 14.3 Å².